The molecule has 0 spiro atoms. The van der Waals surface area contributed by atoms with Crippen molar-refractivity contribution in [2.75, 3.05) is 11.9 Å². The molecule has 21 heavy (non-hydrogen) atoms. The van der Waals surface area contributed by atoms with Gasteiger partial charge in [-0.1, -0.05) is 0 Å². The van der Waals surface area contributed by atoms with Gasteiger partial charge in [0.15, 0.2) is 11.5 Å². The fraction of sp³-hybridized carbons (Fsp3) is 0.462. The third-order valence-corrected chi connectivity index (χ3v) is 3.33. The lowest BCUT2D eigenvalue weighted by Gasteiger charge is -2.12. The van der Waals surface area contributed by atoms with Gasteiger partial charge in [0.25, 0.3) is 5.91 Å². The normalized spacial score (nSPS) is 25.9. The monoisotopic (exact) mass is 300 g/mol. The van der Waals surface area contributed by atoms with E-state index in [1.165, 1.54) is 18.2 Å². The number of fused-ring (bicyclic) bond motifs is 1. The first-order chi connectivity index (χ1) is 9.97. The van der Waals surface area contributed by atoms with Crippen LogP contribution in [0.4, 0.5) is 14.5 Å². The highest BCUT2D eigenvalue weighted by atomic mass is 19.3. The molecule has 2 unspecified atom stereocenters. The van der Waals surface area contributed by atoms with Gasteiger partial charge in [-0.15, -0.1) is 8.78 Å². The van der Waals surface area contributed by atoms with Gasteiger partial charge in [0.05, 0.1) is 6.10 Å². The van der Waals surface area contributed by atoms with Gasteiger partial charge < -0.3 is 25.3 Å². The second-order valence-electron chi connectivity index (χ2n) is 4.88. The number of anilines is 1. The number of carbonyl (C=O) groups excluding carboxylic acids is 1. The van der Waals surface area contributed by atoms with Gasteiger partial charge >= 0.3 is 6.29 Å². The zero-order valence-corrected chi connectivity index (χ0v) is 11.0. The van der Waals surface area contributed by atoms with E-state index in [1.807, 2.05) is 0 Å². The third kappa shape index (κ3) is 2.91. The maximum absolute atomic E-state index is 12.9. The van der Waals surface area contributed by atoms with Gasteiger partial charge in [0, 0.05) is 18.3 Å². The second-order valence-corrected chi connectivity index (χ2v) is 4.88. The Hall–Kier alpha value is -1.93. The van der Waals surface area contributed by atoms with E-state index in [9.17, 15) is 13.6 Å². The largest absolute Gasteiger partial charge is 0.586 e. The number of halogens is 2. The van der Waals surface area contributed by atoms with Crippen molar-refractivity contribution in [1.82, 2.24) is 0 Å². The average Bonchev–Trinajstić information content (AvgIpc) is 3.00. The molecule has 6 nitrogen and oxygen atoms in total. The minimum atomic E-state index is -3.67. The third-order valence-electron chi connectivity index (χ3n) is 3.33. The predicted octanol–water partition coefficient (Wildman–Crippen LogP) is 1.45. The Morgan fingerprint density at radius 3 is 2.81 bits per heavy atom. The first-order valence-corrected chi connectivity index (χ1v) is 6.53. The molecule has 114 valence electrons. The molecule has 1 aromatic carbocycles. The van der Waals surface area contributed by atoms with Crippen molar-refractivity contribution in [3.05, 3.63) is 18.2 Å². The Balaban J connectivity index is 1.65. The number of alkyl halides is 2. The van der Waals surface area contributed by atoms with Crippen molar-refractivity contribution < 1.29 is 27.8 Å². The summed E-state index contributed by atoms with van der Waals surface area (Å²) in [5, 5.41) is 2.60. The van der Waals surface area contributed by atoms with Crippen molar-refractivity contribution in [3.63, 3.8) is 0 Å². The fourth-order valence-electron chi connectivity index (χ4n) is 2.32. The molecule has 8 heteroatoms. The van der Waals surface area contributed by atoms with E-state index in [4.69, 9.17) is 10.5 Å². The number of carbonyl (C=O) groups is 1. The van der Waals surface area contributed by atoms with Gasteiger partial charge in [-0.25, -0.2) is 0 Å². The summed E-state index contributed by atoms with van der Waals surface area (Å²) in [6, 6.07) is 4.05. The number of nitrogens with two attached hydrogens (primary N) is 1. The van der Waals surface area contributed by atoms with Crippen LogP contribution >= 0.6 is 0 Å². The molecule has 2 aliphatic rings. The van der Waals surface area contributed by atoms with Crippen LogP contribution in [-0.2, 0) is 9.53 Å². The Morgan fingerprint density at radius 2 is 2.10 bits per heavy atom. The molecule has 0 saturated carbocycles. The van der Waals surface area contributed by atoms with Crippen LogP contribution in [0.3, 0.4) is 0 Å². The van der Waals surface area contributed by atoms with Crippen molar-refractivity contribution in [3.8, 4) is 11.5 Å². The van der Waals surface area contributed by atoms with Crippen LogP contribution in [0.1, 0.15) is 12.8 Å². The summed E-state index contributed by atoms with van der Waals surface area (Å²) in [7, 11) is 0. The highest BCUT2D eigenvalue weighted by Gasteiger charge is 2.43. The van der Waals surface area contributed by atoms with Crippen LogP contribution < -0.4 is 20.5 Å². The molecule has 3 rings (SSSR count). The van der Waals surface area contributed by atoms with Crippen LogP contribution in [0.2, 0.25) is 0 Å². The highest BCUT2D eigenvalue weighted by Crippen LogP contribution is 2.42. The molecule has 3 N–H and O–H groups in total. The quantitative estimate of drug-likeness (QED) is 0.883. The smallest absolute Gasteiger partial charge is 0.395 e. The Labute approximate surface area is 119 Å². The van der Waals surface area contributed by atoms with Crippen molar-refractivity contribution in [2.24, 2.45) is 5.73 Å². The number of hydrogen-bond donors (Lipinski definition) is 2. The van der Waals surface area contributed by atoms with Crippen LogP contribution in [-0.4, -0.2) is 31.0 Å². The molecular weight excluding hydrogens is 286 g/mol. The van der Waals surface area contributed by atoms with E-state index in [1.54, 1.807) is 0 Å². The molecule has 1 fully saturated rings. The van der Waals surface area contributed by atoms with Gasteiger partial charge in [0.1, 0.15) is 6.10 Å². The summed E-state index contributed by atoms with van der Waals surface area (Å²) in [6.45, 7) is 0.364. The van der Waals surface area contributed by atoms with Crippen LogP contribution in [0.15, 0.2) is 18.2 Å². The van der Waals surface area contributed by atoms with E-state index in [0.29, 0.717) is 18.7 Å². The zero-order chi connectivity index (χ0) is 15.0. The summed E-state index contributed by atoms with van der Waals surface area (Å²) in [5.41, 5.74) is 5.81. The Kier molecular flexibility index (Phi) is 3.42. The maximum Gasteiger partial charge on any atom is 0.586 e. The van der Waals surface area contributed by atoms with Gasteiger partial charge in [0.2, 0.25) is 0 Å². The molecule has 0 aliphatic carbocycles. The van der Waals surface area contributed by atoms with Crippen molar-refractivity contribution in [1.29, 1.82) is 0 Å². The summed E-state index contributed by atoms with van der Waals surface area (Å²) >= 11 is 0. The van der Waals surface area contributed by atoms with Crippen molar-refractivity contribution in [2.45, 2.75) is 31.3 Å². The Morgan fingerprint density at radius 1 is 1.33 bits per heavy atom. The number of amides is 1. The van der Waals surface area contributed by atoms with Crippen molar-refractivity contribution >= 4 is 11.6 Å². The minimum Gasteiger partial charge on any atom is -0.395 e. The fourth-order valence-corrected chi connectivity index (χ4v) is 2.32. The second kappa shape index (κ2) is 5.12. The lowest BCUT2D eigenvalue weighted by atomic mass is 10.2. The Bertz CT molecular complexity index is 567. The summed E-state index contributed by atoms with van der Waals surface area (Å²) in [5.74, 6) is -0.528. The van der Waals surface area contributed by atoms with E-state index in [2.05, 4.69) is 14.8 Å². The van der Waals surface area contributed by atoms with E-state index < -0.39 is 12.4 Å². The van der Waals surface area contributed by atoms with E-state index in [0.717, 1.165) is 6.42 Å². The SMILES string of the molecule is NCC1CCC(C(=O)Nc2ccc3c(c2)OC(F)(F)O3)O1. The molecule has 1 aromatic rings. The maximum atomic E-state index is 12.9. The van der Waals surface area contributed by atoms with Gasteiger partial charge in [-0.2, -0.15) is 0 Å². The van der Waals surface area contributed by atoms with Crippen LogP contribution in [0.5, 0.6) is 11.5 Å². The van der Waals surface area contributed by atoms with Crippen LogP contribution in [0.25, 0.3) is 0 Å². The average molecular weight is 300 g/mol. The lowest BCUT2D eigenvalue weighted by Crippen LogP contribution is -2.29. The summed E-state index contributed by atoms with van der Waals surface area (Å²) in [6.07, 6.45) is -3.06. The molecule has 0 radical (unpaired) electrons. The number of nitrogens with one attached hydrogen (secondary N) is 1. The topological polar surface area (TPSA) is 82.8 Å². The zero-order valence-electron chi connectivity index (χ0n) is 11.0. The van der Waals surface area contributed by atoms with Crippen LogP contribution in [0, 0.1) is 0 Å². The lowest BCUT2D eigenvalue weighted by molar-refractivity contribution is -0.286. The molecule has 0 aromatic heterocycles. The summed E-state index contributed by atoms with van der Waals surface area (Å²) < 4.78 is 39.8. The van der Waals surface area contributed by atoms with E-state index in [-0.39, 0.29) is 23.5 Å². The minimum absolute atomic E-state index is 0.0710. The molecule has 2 atom stereocenters. The van der Waals surface area contributed by atoms with Gasteiger partial charge in [-0.05, 0) is 25.0 Å². The predicted molar refractivity (Wildman–Crippen MR) is 68.2 cm³/mol. The molecule has 1 saturated heterocycles. The summed E-state index contributed by atoms with van der Waals surface area (Å²) in [4.78, 5) is 12.0. The number of ether oxygens (including phenoxy) is 3. The van der Waals surface area contributed by atoms with E-state index >= 15 is 0 Å². The molecule has 2 aliphatic heterocycles. The number of rotatable bonds is 3. The first kappa shape index (κ1) is 14.0. The standard InChI is InChI=1S/C13H14F2N2O4/c14-13(15)20-9-3-1-7(5-11(9)21-13)17-12(18)10-4-2-8(6-16)19-10/h1,3,5,8,10H,2,4,6,16H2,(H,17,18). The molecule has 2 heterocycles. The number of hydrogen-bond acceptors (Lipinski definition) is 5. The number of benzene rings is 1. The first-order valence-electron chi connectivity index (χ1n) is 6.53. The molecule has 0 bridgehead atoms. The molecule has 1 amide bonds. The highest BCUT2D eigenvalue weighted by molar-refractivity contribution is 5.94. The molecular formula is C13H14F2N2O4. The van der Waals surface area contributed by atoms with Gasteiger partial charge in [-0.3, -0.25) is 4.79 Å².